The van der Waals surface area contributed by atoms with E-state index in [1.165, 1.54) is 12.4 Å². The van der Waals surface area contributed by atoms with Crippen molar-refractivity contribution in [2.24, 2.45) is 0 Å². The molecule has 2 aromatic rings. The number of rotatable bonds is 5. The average Bonchev–Trinajstić information content (AvgIpc) is 2.55. The van der Waals surface area contributed by atoms with E-state index < -0.39 is 10.0 Å². The lowest BCUT2D eigenvalue weighted by molar-refractivity contribution is 0.122. The van der Waals surface area contributed by atoms with Crippen LogP contribution < -0.4 is 9.62 Å². The van der Waals surface area contributed by atoms with Crippen molar-refractivity contribution in [1.29, 1.82) is 0 Å². The predicted molar refractivity (Wildman–Crippen MR) is 92.5 cm³/mol. The summed E-state index contributed by atoms with van der Waals surface area (Å²) >= 11 is 0. The fourth-order valence-corrected chi connectivity index (χ4v) is 3.69. The highest BCUT2D eigenvalue weighted by molar-refractivity contribution is 7.91. The Morgan fingerprint density at radius 1 is 1.21 bits per heavy atom. The van der Waals surface area contributed by atoms with E-state index in [0.717, 1.165) is 24.2 Å². The zero-order chi connectivity index (χ0) is 17.0. The number of anilines is 2. The molecule has 128 valence electrons. The van der Waals surface area contributed by atoms with Crippen molar-refractivity contribution in [3.63, 3.8) is 0 Å². The molecule has 0 atom stereocenters. The van der Waals surface area contributed by atoms with E-state index in [4.69, 9.17) is 4.74 Å². The molecule has 1 aliphatic heterocycles. The van der Waals surface area contributed by atoms with E-state index in [9.17, 15) is 8.42 Å². The summed E-state index contributed by atoms with van der Waals surface area (Å²) in [5, 5.41) is 0. The smallest absolute Gasteiger partial charge is 0.237 e. The number of nitrogens with zero attached hydrogens (tertiary/aromatic N) is 3. The first-order valence-corrected chi connectivity index (χ1v) is 9.38. The highest BCUT2D eigenvalue weighted by Gasteiger charge is 2.15. The lowest BCUT2D eigenvalue weighted by atomic mass is 10.2. The maximum absolute atomic E-state index is 12.3. The quantitative estimate of drug-likeness (QED) is 0.883. The summed E-state index contributed by atoms with van der Waals surface area (Å²) in [6.45, 7) is 4.70. The Hall–Kier alpha value is -2.19. The van der Waals surface area contributed by atoms with Gasteiger partial charge in [0.05, 0.1) is 37.0 Å². The second kappa shape index (κ2) is 7.14. The summed E-state index contributed by atoms with van der Waals surface area (Å²) in [7, 11) is -3.51. The van der Waals surface area contributed by atoms with Crippen LogP contribution in [0.2, 0.25) is 0 Å². The van der Waals surface area contributed by atoms with Gasteiger partial charge in [-0.15, -0.1) is 0 Å². The molecule has 0 saturated carbocycles. The van der Waals surface area contributed by atoms with Crippen LogP contribution in [0.1, 0.15) is 11.1 Å². The minimum atomic E-state index is -3.51. The standard InChI is InChI=1S/C16H20N4O3S/c1-13-3-2-4-14(9-13)12-24(21,22)19-15-10-17-16(18-11-15)20-5-7-23-8-6-20/h2-4,9-11,19H,5-8,12H2,1H3. The minimum absolute atomic E-state index is 0.0834. The van der Waals surface area contributed by atoms with Crippen LogP contribution in [0, 0.1) is 6.92 Å². The van der Waals surface area contributed by atoms with Crippen molar-refractivity contribution in [2.45, 2.75) is 12.7 Å². The van der Waals surface area contributed by atoms with E-state index in [0.29, 0.717) is 24.8 Å². The Morgan fingerprint density at radius 2 is 1.92 bits per heavy atom. The summed E-state index contributed by atoms with van der Waals surface area (Å²) < 4.78 is 32.4. The highest BCUT2D eigenvalue weighted by Crippen LogP contribution is 2.15. The van der Waals surface area contributed by atoms with Gasteiger partial charge in [0.25, 0.3) is 0 Å². The van der Waals surface area contributed by atoms with E-state index in [-0.39, 0.29) is 5.75 Å². The Morgan fingerprint density at radius 3 is 2.58 bits per heavy atom. The van der Waals surface area contributed by atoms with E-state index in [1.54, 1.807) is 6.07 Å². The second-order valence-corrected chi connectivity index (χ2v) is 7.44. The number of aromatic nitrogens is 2. The maximum atomic E-state index is 12.3. The van der Waals surface area contributed by atoms with Gasteiger partial charge in [0.1, 0.15) is 0 Å². The molecule has 1 aromatic heterocycles. The molecule has 1 fully saturated rings. The molecule has 2 heterocycles. The Bertz CT molecular complexity index is 787. The van der Waals surface area contributed by atoms with Crippen LogP contribution in [0.3, 0.4) is 0 Å². The molecule has 0 aliphatic carbocycles. The van der Waals surface area contributed by atoms with Crippen LogP contribution >= 0.6 is 0 Å². The number of nitrogens with one attached hydrogen (secondary N) is 1. The Kier molecular flexibility index (Phi) is 4.96. The van der Waals surface area contributed by atoms with Crippen LogP contribution in [0.5, 0.6) is 0 Å². The Balaban J connectivity index is 1.66. The third-order valence-electron chi connectivity index (χ3n) is 3.64. The SMILES string of the molecule is Cc1cccc(CS(=O)(=O)Nc2cnc(N3CCOCC3)nc2)c1. The van der Waals surface area contributed by atoms with Gasteiger partial charge >= 0.3 is 0 Å². The van der Waals surface area contributed by atoms with Gasteiger partial charge in [-0.2, -0.15) is 0 Å². The number of morpholine rings is 1. The molecule has 3 rings (SSSR count). The van der Waals surface area contributed by atoms with E-state index in [1.807, 2.05) is 30.0 Å². The zero-order valence-corrected chi connectivity index (χ0v) is 14.3. The first-order chi connectivity index (χ1) is 11.5. The van der Waals surface area contributed by atoms with Crippen molar-refractivity contribution in [3.8, 4) is 0 Å². The molecule has 1 aliphatic rings. The van der Waals surface area contributed by atoms with Crippen molar-refractivity contribution < 1.29 is 13.2 Å². The van der Waals surface area contributed by atoms with Crippen LogP contribution in [-0.2, 0) is 20.5 Å². The molecule has 1 saturated heterocycles. The molecule has 1 N–H and O–H groups in total. The zero-order valence-electron chi connectivity index (χ0n) is 13.5. The van der Waals surface area contributed by atoms with Gasteiger partial charge in [-0.1, -0.05) is 29.8 Å². The summed E-state index contributed by atoms with van der Waals surface area (Å²) in [6, 6.07) is 7.43. The Labute approximate surface area is 141 Å². The van der Waals surface area contributed by atoms with Crippen molar-refractivity contribution >= 4 is 21.7 Å². The lowest BCUT2D eigenvalue weighted by Gasteiger charge is -2.26. The van der Waals surface area contributed by atoms with Gasteiger partial charge < -0.3 is 9.64 Å². The maximum Gasteiger partial charge on any atom is 0.237 e. The fraction of sp³-hybridized carbons (Fsp3) is 0.375. The molecule has 0 spiro atoms. The monoisotopic (exact) mass is 348 g/mol. The molecular formula is C16H20N4O3S. The van der Waals surface area contributed by atoms with Gasteiger partial charge in [0, 0.05) is 13.1 Å². The van der Waals surface area contributed by atoms with Gasteiger partial charge in [-0.25, -0.2) is 18.4 Å². The first kappa shape index (κ1) is 16.7. The number of aryl methyl sites for hydroxylation is 1. The third-order valence-corrected chi connectivity index (χ3v) is 4.90. The number of hydrogen-bond donors (Lipinski definition) is 1. The van der Waals surface area contributed by atoms with Gasteiger partial charge in [0.15, 0.2) is 0 Å². The second-order valence-electron chi connectivity index (χ2n) is 5.72. The topological polar surface area (TPSA) is 84.4 Å². The number of benzene rings is 1. The molecular weight excluding hydrogens is 328 g/mol. The fourth-order valence-electron chi connectivity index (χ4n) is 2.54. The predicted octanol–water partition coefficient (Wildman–Crippen LogP) is 1.56. The highest BCUT2D eigenvalue weighted by atomic mass is 32.2. The molecule has 0 bridgehead atoms. The summed E-state index contributed by atoms with van der Waals surface area (Å²) in [5.74, 6) is 0.500. The van der Waals surface area contributed by atoms with Gasteiger partial charge in [-0.05, 0) is 12.5 Å². The lowest BCUT2D eigenvalue weighted by Crippen LogP contribution is -2.37. The molecule has 0 amide bonds. The molecule has 24 heavy (non-hydrogen) atoms. The summed E-state index contributed by atoms with van der Waals surface area (Å²) in [5.41, 5.74) is 2.13. The molecule has 8 heteroatoms. The summed E-state index contributed by atoms with van der Waals surface area (Å²) in [6.07, 6.45) is 2.98. The molecule has 0 radical (unpaired) electrons. The van der Waals surface area contributed by atoms with E-state index in [2.05, 4.69) is 14.7 Å². The van der Waals surface area contributed by atoms with E-state index >= 15 is 0 Å². The van der Waals surface area contributed by atoms with Crippen molar-refractivity contribution in [2.75, 3.05) is 35.9 Å². The van der Waals surface area contributed by atoms with Crippen LogP contribution in [0.25, 0.3) is 0 Å². The van der Waals surface area contributed by atoms with Crippen LogP contribution in [0.4, 0.5) is 11.6 Å². The molecule has 0 unspecified atom stereocenters. The third kappa shape index (κ3) is 4.42. The van der Waals surface area contributed by atoms with Crippen molar-refractivity contribution in [3.05, 3.63) is 47.8 Å². The first-order valence-electron chi connectivity index (χ1n) is 7.73. The van der Waals surface area contributed by atoms with Crippen LogP contribution in [-0.4, -0.2) is 44.7 Å². The number of sulfonamides is 1. The van der Waals surface area contributed by atoms with Crippen molar-refractivity contribution in [1.82, 2.24) is 9.97 Å². The molecule has 7 nitrogen and oxygen atoms in total. The average molecular weight is 348 g/mol. The summed E-state index contributed by atoms with van der Waals surface area (Å²) in [4.78, 5) is 10.5. The van der Waals surface area contributed by atoms with Gasteiger partial charge in [0.2, 0.25) is 16.0 Å². The normalized spacial score (nSPS) is 15.3. The van der Waals surface area contributed by atoms with Crippen LogP contribution in [0.15, 0.2) is 36.7 Å². The number of hydrogen-bond acceptors (Lipinski definition) is 6. The molecule has 1 aromatic carbocycles. The van der Waals surface area contributed by atoms with Gasteiger partial charge in [-0.3, -0.25) is 4.72 Å². The largest absolute Gasteiger partial charge is 0.378 e. The minimum Gasteiger partial charge on any atom is -0.378 e. The number of ether oxygens (including phenoxy) is 1.